The molecule has 1 aromatic heterocycles. The van der Waals surface area contributed by atoms with E-state index in [0.717, 1.165) is 36.8 Å². The van der Waals surface area contributed by atoms with Gasteiger partial charge in [0.1, 0.15) is 0 Å². The van der Waals surface area contributed by atoms with E-state index in [1.165, 1.54) is 18.9 Å². The van der Waals surface area contributed by atoms with E-state index in [0.29, 0.717) is 6.42 Å². The molecule has 1 atom stereocenters. The summed E-state index contributed by atoms with van der Waals surface area (Å²) in [6, 6.07) is 1.44. The maximum absolute atomic E-state index is 12.4. The fraction of sp³-hybridized carbons (Fsp3) is 0.643. The van der Waals surface area contributed by atoms with Crippen molar-refractivity contribution in [3.05, 3.63) is 22.6 Å². The first-order valence-electron chi connectivity index (χ1n) is 7.24. The van der Waals surface area contributed by atoms with Crippen molar-refractivity contribution in [1.29, 1.82) is 0 Å². The van der Waals surface area contributed by atoms with Gasteiger partial charge in [0.15, 0.2) is 5.16 Å². The third-order valence-electron chi connectivity index (χ3n) is 3.98. The van der Waals surface area contributed by atoms with Crippen molar-refractivity contribution in [2.45, 2.75) is 43.3 Å². The number of carbonyl (C=O) groups excluding carboxylic acids is 1. The van der Waals surface area contributed by atoms with Gasteiger partial charge in [-0.25, -0.2) is 4.98 Å². The van der Waals surface area contributed by atoms with Crippen molar-refractivity contribution in [1.82, 2.24) is 14.5 Å². The molecular weight excluding hydrogens is 274 g/mol. The summed E-state index contributed by atoms with van der Waals surface area (Å²) >= 11 is 1.56. The van der Waals surface area contributed by atoms with Crippen LogP contribution in [0.15, 0.2) is 22.2 Å². The van der Waals surface area contributed by atoms with E-state index in [2.05, 4.69) is 4.98 Å². The van der Waals surface area contributed by atoms with Gasteiger partial charge in [-0.15, -0.1) is 0 Å². The second kappa shape index (κ2) is 5.99. The standard InChI is InChI=1S/C14H19N3O2S/c18-12-5-6-15-14-17(12)11(10-20-14)9-13(19)16-7-3-1-2-4-8-16/h5-6,11H,1-4,7-10H2. The summed E-state index contributed by atoms with van der Waals surface area (Å²) in [4.78, 5) is 30.5. The van der Waals surface area contributed by atoms with Gasteiger partial charge in [0.25, 0.3) is 5.56 Å². The van der Waals surface area contributed by atoms with Gasteiger partial charge in [-0.2, -0.15) is 0 Å². The molecule has 0 radical (unpaired) electrons. The predicted octanol–water partition coefficient (Wildman–Crippen LogP) is 1.68. The lowest BCUT2D eigenvalue weighted by Gasteiger charge is -2.22. The van der Waals surface area contributed by atoms with E-state index in [-0.39, 0.29) is 17.5 Å². The lowest BCUT2D eigenvalue weighted by atomic mass is 10.2. The molecule has 0 aromatic carbocycles. The zero-order chi connectivity index (χ0) is 13.9. The zero-order valence-corrected chi connectivity index (χ0v) is 12.3. The normalized spacial score (nSPS) is 22.4. The van der Waals surface area contributed by atoms with Crippen LogP contribution in [0.4, 0.5) is 0 Å². The molecule has 108 valence electrons. The fourth-order valence-electron chi connectivity index (χ4n) is 2.89. The highest BCUT2D eigenvalue weighted by atomic mass is 32.2. The topological polar surface area (TPSA) is 55.2 Å². The van der Waals surface area contributed by atoms with E-state index >= 15 is 0 Å². The summed E-state index contributed by atoms with van der Waals surface area (Å²) in [6.07, 6.45) is 6.60. The molecule has 1 saturated heterocycles. The molecule has 0 aliphatic carbocycles. The number of carbonyl (C=O) groups is 1. The van der Waals surface area contributed by atoms with Crippen molar-refractivity contribution in [3.63, 3.8) is 0 Å². The Kier molecular flexibility index (Phi) is 4.10. The molecule has 0 bridgehead atoms. The molecule has 5 nitrogen and oxygen atoms in total. The van der Waals surface area contributed by atoms with Gasteiger partial charge in [0.2, 0.25) is 5.91 Å². The highest BCUT2D eigenvalue weighted by Crippen LogP contribution is 2.32. The third-order valence-corrected chi connectivity index (χ3v) is 5.10. The van der Waals surface area contributed by atoms with Crippen LogP contribution in [0.1, 0.15) is 38.1 Å². The molecule has 1 fully saturated rings. The van der Waals surface area contributed by atoms with Gasteiger partial charge in [-0.1, -0.05) is 24.6 Å². The molecule has 1 aromatic rings. The Balaban J connectivity index is 1.70. The Bertz CT molecular complexity index is 550. The summed E-state index contributed by atoms with van der Waals surface area (Å²) in [5.74, 6) is 0.951. The molecule has 0 spiro atoms. The average Bonchev–Trinajstić information content (AvgIpc) is 2.69. The SMILES string of the molecule is O=C(CC1CSc2nccc(=O)n21)N1CCCCCC1. The summed E-state index contributed by atoms with van der Waals surface area (Å²) in [5.41, 5.74) is -0.0475. The zero-order valence-electron chi connectivity index (χ0n) is 11.5. The van der Waals surface area contributed by atoms with E-state index in [1.807, 2.05) is 4.90 Å². The Morgan fingerprint density at radius 1 is 1.30 bits per heavy atom. The maximum atomic E-state index is 12.4. The van der Waals surface area contributed by atoms with E-state index in [4.69, 9.17) is 0 Å². The summed E-state index contributed by atoms with van der Waals surface area (Å²) in [6.45, 7) is 1.74. The minimum Gasteiger partial charge on any atom is -0.343 e. The molecule has 3 rings (SSSR count). The molecule has 1 unspecified atom stereocenters. The third kappa shape index (κ3) is 2.75. The maximum Gasteiger partial charge on any atom is 0.254 e. The van der Waals surface area contributed by atoms with Crippen LogP contribution >= 0.6 is 11.8 Å². The minimum atomic E-state index is -0.0475. The number of likely N-dealkylation sites (tertiary alicyclic amines) is 1. The van der Waals surface area contributed by atoms with Gasteiger partial charge in [-0.3, -0.25) is 14.2 Å². The van der Waals surface area contributed by atoms with Crippen LogP contribution in [-0.4, -0.2) is 39.2 Å². The Morgan fingerprint density at radius 3 is 2.80 bits per heavy atom. The lowest BCUT2D eigenvalue weighted by molar-refractivity contribution is -0.131. The molecule has 1 amide bonds. The molecule has 0 N–H and O–H groups in total. The number of hydrogen-bond acceptors (Lipinski definition) is 4. The first-order chi connectivity index (χ1) is 9.75. The van der Waals surface area contributed by atoms with Crippen molar-refractivity contribution in [2.24, 2.45) is 0 Å². The van der Waals surface area contributed by atoms with Crippen LogP contribution in [0, 0.1) is 0 Å². The Morgan fingerprint density at radius 2 is 2.05 bits per heavy atom. The number of aromatic nitrogens is 2. The second-order valence-corrected chi connectivity index (χ2v) is 6.39. The smallest absolute Gasteiger partial charge is 0.254 e. The minimum absolute atomic E-state index is 0.0352. The summed E-state index contributed by atoms with van der Waals surface area (Å²) < 4.78 is 1.68. The van der Waals surface area contributed by atoms with Crippen molar-refractivity contribution >= 4 is 17.7 Å². The number of amides is 1. The van der Waals surface area contributed by atoms with Crippen LogP contribution in [0.5, 0.6) is 0 Å². The fourth-order valence-corrected chi connectivity index (χ4v) is 4.01. The molecule has 0 saturated carbocycles. The molecule has 2 aliphatic rings. The Labute approximate surface area is 122 Å². The van der Waals surface area contributed by atoms with Crippen molar-refractivity contribution in [3.8, 4) is 0 Å². The number of thioether (sulfide) groups is 1. The first-order valence-corrected chi connectivity index (χ1v) is 8.22. The van der Waals surface area contributed by atoms with Crippen molar-refractivity contribution in [2.75, 3.05) is 18.8 Å². The number of hydrogen-bond donors (Lipinski definition) is 0. The number of nitrogens with zero attached hydrogens (tertiary/aromatic N) is 3. The van der Waals surface area contributed by atoms with Gasteiger partial charge < -0.3 is 4.90 Å². The van der Waals surface area contributed by atoms with Crippen LogP contribution < -0.4 is 5.56 Å². The summed E-state index contributed by atoms with van der Waals surface area (Å²) in [7, 11) is 0. The van der Waals surface area contributed by atoms with E-state index < -0.39 is 0 Å². The predicted molar refractivity (Wildman–Crippen MR) is 77.9 cm³/mol. The number of rotatable bonds is 2. The Hall–Kier alpha value is -1.30. The molecular formula is C14H19N3O2S. The highest BCUT2D eigenvalue weighted by Gasteiger charge is 2.28. The highest BCUT2D eigenvalue weighted by molar-refractivity contribution is 7.99. The first kappa shape index (κ1) is 13.7. The van der Waals surface area contributed by atoms with Gasteiger partial charge in [0, 0.05) is 37.5 Å². The van der Waals surface area contributed by atoms with Crippen molar-refractivity contribution < 1.29 is 4.79 Å². The molecule has 3 heterocycles. The van der Waals surface area contributed by atoms with Gasteiger partial charge in [-0.05, 0) is 12.8 Å². The van der Waals surface area contributed by atoms with E-state index in [9.17, 15) is 9.59 Å². The second-order valence-electron chi connectivity index (χ2n) is 5.40. The van der Waals surface area contributed by atoms with Crippen LogP contribution in [0.3, 0.4) is 0 Å². The molecule has 20 heavy (non-hydrogen) atoms. The van der Waals surface area contributed by atoms with Gasteiger partial charge in [0.05, 0.1) is 6.04 Å². The molecule has 2 aliphatic heterocycles. The summed E-state index contributed by atoms with van der Waals surface area (Å²) in [5, 5.41) is 0.742. The van der Waals surface area contributed by atoms with E-state index in [1.54, 1.807) is 22.5 Å². The quantitative estimate of drug-likeness (QED) is 0.779. The average molecular weight is 293 g/mol. The number of fused-ring (bicyclic) bond motifs is 1. The monoisotopic (exact) mass is 293 g/mol. The van der Waals surface area contributed by atoms with Crippen LogP contribution in [-0.2, 0) is 4.79 Å². The lowest BCUT2D eigenvalue weighted by Crippen LogP contribution is -2.35. The van der Waals surface area contributed by atoms with Gasteiger partial charge >= 0.3 is 0 Å². The van der Waals surface area contributed by atoms with Crippen LogP contribution in [0.25, 0.3) is 0 Å². The van der Waals surface area contributed by atoms with Crippen LogP contribution in [0.2, 0.25) is 0 Å². The largest absolute Gasteiger partial charge is 0.343 e. The molecule has 6 heteroatoms.